The van der Waals surface area contributed by atoms with Crippen LogP contribution in [0.15, 0.2) is 18.2 Å². The lowest BCUT2D eigenvalue weighted by Gasteiger charge is -2.10. The van der Waals surface area contributed by atoms with Crippen molar-refractivity contribution in [3.05, 3.63) is 29.8 Å². The third-order valence-electron chi connectivity index (χ3n) is 1.73. The third kappa shape index (κ3) is 2.93. The maximum Gasteiger partial charge on any atom is 0.149 e. The Morgan fingerprint density at radius 1 is 1.43 bits per heavy atom. The fourth-order valence-electron chi connectivity index (χ4n) is 0.944. The lowest BCUT2D eigenvalue weighted by atomic mass is 10.2. The highest BCUT2D eigenvalue weighted by molar-refractivity contribution is 5.44. The molecule has 1 aromatic rings. The predicted molar refractivity (Wildman–Crippen MR) is 49.9 cm³/mol. The van der Waals surface area contributed by atoms with Crippen LogP contribution in [-0.2, 0) is 0 Å². The largest absolute Gasteiger partial charge is 0.390 e. The summed E-state index contributed by atoms with van der Waals surface area (Å²) in [6.45, 7) is 0.231. The molecule has 0 aliphatic heterocycles. The summed E-state index contributed by atoms with van der Waals surface area (Å²) in [6, 6.07) is 3.19. The molecule has 1 unspecified atom stereocenters. The van der Waals surface area contributed by atoms with Gasteiger partial charge < -0.3 is 16.2 Å². The lowest BCUT2D eigenvalue weighted by molar-refractivity contribution is 0.196. The molecule has 0 aromatic heterocycles. The molecule has 0 radical (unpaired) electrons. The fraction of sp³-hybridized carbons (Fsp3) is 0.333. The normalized spacial score (nSPS) is 12.6. The van der Waals surface area contributed by atoms with Crippen LogP contribution in [0.2, 0.25) is 0 Å². The number of benzene rings is 1. The molecule has 1 aromatic carbocycles. The molecule has 4 N–H and O–H groups in total. The fourth-order valence-corrected chi connectivity index (χ4v) is 0.944. The first-order valence-electron chi connectivity index (χ1n) is 4.20. The van der Waals surface area contributed by atoms with Crippen LogP contribution in [0.4, 0.5) is 14.5 Å². The first-order valence-corrected chi connectivity index (χ1v) is 4.20. The van der Waals surface area contributed by atoms with Gasteiger partial charge in [0.15, 0.2) is 0 Å². The molecule has 0 aliphatic carbocycles. The SMILES string of the molecule is NCC(O)CNc1ccc(F)cc1F. The zero-order valence-electron chi connectivity index (χ0n) is 7.50. The molecule has 0 heterocycles. The highest BCUT2D eigenvalue weighted by Crippen LogP contribution is 2.14. The summed E-state index contributed by atoms with van der Waals surface area (Å²) >= 11 is 0. The van der Waals surface area contributed by atoms with E-state index in [1.54, 1.807) is 0 Å². The van der Waals surface area contributed by atoms with Crippen LogP contribution < -0.4 is 11.1 Å². The molecule has 0 aliphatic rings. The van der Waals surface area contributed by atoms with E-state index in [1.807, 2.05) is 0 Å². The Hall–Kier alpha value is -1.20. The second-order valence-corrected chi connectivity index (χ2v) is 2.89. The number of hydrogen-bond donors (Lipinski definition) is 3. The Morgan fingerprint density at radius 2 is 2.14 bits per heavy atom. The number of hydrogen-bond acceptors (Lipinski definition) is 3. The van der Waals surface area contributed by atoms with Gasteiger partial charge in [0.05, 0.1) is 11.8 Å². The van der Waals surface area contributed by atoms with Crippen LogP contribution in [0.5, 0.6) is 0 Å². The van der Waals surface area contributed by atoms with Crippen LogP contribution in [0.3, 0.4) is 0 Å². The van der Waals surface area contributed by atoms with Gasteiger partial charge in [0.25, 0.3) is 0 Å². The number of aliphatic hydroxyl groups is 1. The van der Waals surface area contributed by atoms with Gasteiger partial charge in [-0.15, -0.1) is 0 Å². The molecular formula is C9H12F2N2O. The molecule has 0 amide bonds. The molecule has 0 spiro atoms. The molecule has 0 saturated carbocycles. The van der Waals surface area contributed by atoms with Crippen LogP contribution >= 0.6 is 0 Å². The van der Waals surface area contributed by atoms with Crippen LogP contribution in [-0.4, -0.2) is 24.3 Å². The van der Waals surface area contributed by atoms with Gasteiger partial charge in [-0.05, 0) is 12.1 Å². The monoisotopic (exact) mass is 202 g/mol. The van der Waals surface area contributed by atoms with E-state index in [2.05, 4.69) is 5.32 Å². The summed E-state index contributed by atoms with van der Waals surface area (Å²) in [5.41, 5.74) is 5.31. The van der Waals surface area contributed by atoms with E-state index >= 15 is 0 Å². The highest BCUT2D eigenvalue weighted by atomic mass is 19.1. The van der Waals surface area contributed by atoms with Crippen molar-refractivity contribution >= 4 is 5.69 Å². The van der Waals surface area contributed by atoms with Crippen molar-refractivity contribution in [3.63, 3.8) is 0 Å². The van der Waals surface area contributed by atoms with Crippen molar-refractivity contribution in [1.29, 1.82) is 0 Å². The standard InChI is InChI=1S/C9H12F2N2O/c10-6-1-2-9(8(11)3-6)13-5-7(14)4-12/h1-3,7,13-14H,4-5,12H2. The minimum atomic E-state index is -0.737. The second kappa shape index (κ2) is 4.88. The van der Waals surface area contributed by atoms with Gasteiger partial charge in [-0.3, -0.25) is 0 Å². The van der Waals surface area contributed by atoms with Crippen LogP contribution in [0.25, 0.3) is 0 Å². The Bertz CT molecular complexity index is 307. The molecule has 0 bridgehead atoms. The lowest BCUT2D eigenvalue weighted by Crippen LogP contribution is -2.28. The second-order valence-electron chi connectivity index (χ2n) is 2.89. The zero-order chi connectivity index (χ0) is 10.6. The number of anilines is 1. The Morgan fingerprint density at radius 3 is 2.71 bits per heavy atom. The maximum atomic E-state index is 13.0. The number of aliphatic hydroxyl groups excluding tert-OH is 1. The summed E-state index contributed by atoms with van der Waals surface area (Å²) in [6.07, 6.45) is -0.737. The number of nitrogens with one attached hydrogen (secondary N) is 1. The van der Waals surface area contributed by atoms with Crippen molar-refractivity contribution in [1.82, 2.24) is 0 Å². The van der Waals surface area contributed by atoms with Gasteiger partial charge in [0, 0.05) is 19.2 Å². The zero-order valence-corrected chi connectivity index (χ0v) is 7.50. The van der Waals surface area contributed by atoms with E-state index < -0.39 is 17.7 Å². The first kappa shape index (κ1) is 10.9. The van der Waals surface area contributed by atoms with Gasteiger partial charge >= 0.3 is 0 Å². The van der Waals surface area contributed by atoms with E-state index in [4.69, 9.17) is 10.8 Å². The van der Waals surface area contributed by atoms with Gasteiger partial charge in [-0.25, -0.2) is 8.78 Å². The van der Waals surface area contributed by atoms with Crippen molar-refractivity contribution in [2.75, 3.05) is 18.4 Å². The topological polar surface area (TPSA) is 58.3 Å². The van der Waals surface area contributed by atoms with Crippen molar-refractivity contribution in [2.24, 2.45) is 5.73 Å². The Labute approximate surface area is 80.5 Å². The molecule has 1 rings (SSSR count). The summed E-state index contributed by atoms with van der Waals surface area (Å²) in [7, 11) is 0. The molecule has 1 atom stereocenters. The van der Waals surface area contributed by atoms with Crippen molar-refractivity contribution in [3.8, 4) is 0 Å². The average Bonchev–Trinajstić information content (AvgIpc) is 2.16. The molecule has 3 nitrogen and oxygen atoms in total. The van der Waals surface area contributed by atoms with Gasteiger partial charge in [-0.2, -0.15) is 0 Å². The summed E-state index contributed by atoms with van der Waals surface area (Å²) in [5.74, 6) is -1.32. The number of nitrogens with two attached hydrogens (primary N) is 1. The molecular weight excluding hydrogens is 190 g/mol. The smallest absolute Gasteiger partial charge is 0.149 e. The Kier molecular flexibility index (Phi) is 3.79. The van der Waals surface area contributed by atoms with E-state index in [-0.39, 0.29) is 18.8 Å². The van der Waals surface area contributed by atoms with E-state index in [9.17, 15) is 8.78 Å². The number of rotatable bonds is 4. The molecule has 78 valence electrons. The summed E-state index contributed by atoms with van der Waals surface area (Å²) < 4.78 is 25.5. The Balaban J connectivity index is 2.59. The maximum absolute atomic E-state index is 13.0. The van der Waals surface area contributed by atoms with E-state index in [1.165, 1.54) is 6.07 Å². The molecule has 14 heavy (non-hydrogen) atoms. The summed E-state index contributed by atoms with van der Waals surface area (Å²) in [5, 5.41) is 11.7. The van der Waals surface area contributed by atoms with Crippen molar-refractivity contribution in [2.45, 2.75) is 6.10 Å². The van der Waals surface area contributed by atoms with E-state index in [0.29, 0.717) is 0 Å². The molecule has 5 heteroatoms. The first-order chi connectivity index (χ1) is 6.63. The third-order valence-corrected chi connectivity index (χ3v) is 1.73. The highest BCUT2D eigenvalue weighted by Gasteiger charge is 2.05. The van der Waals surface area contributed by atoms with Crippen molar-refractivity contribution < 1.29 is 13.9 Å². The van der Waals surface area contributed by atoms with Gasteiger partial charge in [-0.1, -0.05) is 0 Å². The van der Waals surface area contributed by atoms with Gasteiger partial charge in [0.2, 0.25) is 0 Å². The summed E-state index contributed by atoms with van der Waals surface area (Å²) in [4.78, 5) is 0. The minimum absolute atomic E-state index is 0.0931. The quantitative estimate of drug-likeness (QED) is 0.673. The van der Waals surface area contributed by atoms with Crippen LogP contribution in [0.1, 0.15) is 0 Å². The van der Waals surface area contributed by atoms with Crippen LogP contribution in [0, 0.1) is 11.6 Å². The average molecular weight is 202 g/mol. The number of halogens is 2. The molecule has 0 saturated heterocycles. The van der Waals surface area contributed by atoms with E-state index in [0.717, 1.165) is 12.1 Å². The predicted octanol–water partition coefficient (Wildman–Crippen LogP) is 0.696. The molecule has 0 fully saturated rings. The van der Waals surface area contributed by atoms with Gasteiger partial charge in [0.1, 0.15) is 11.6 Å². The minimum Gasteiger partial charge on any atom is -0.390 e.